The molecule has 0 aliphatic heterocycles. The topological polar surface area (TPSA) is 55.8 Å². The van der Waals surface area contributed by atoms with Crippen LogP contribution in [0.25, 0.3) is 0 Å². The van der Waals surface area contributed by atoms with Crippen molar-refractivity contribution in [3.63, 3.8) is 0 Å². The molecule has 2 aromatic rings. The van der Waals surface area contributed by atoms with Gasteiger partial charge in [-0.25, -0.2) is 4.79 Å². The van der Waals surface area contributed by atoms with Gasteiger partial charge in [-0.2, -0.15) is 0 Å². The fraction of sp³-hybridized carbons (Fsp3) is 0.375. The molecule has 0 heterocycles. The highest BCUT2D eigenvalue weighted by atomic mass is 16.6. The largest absolute Gasteiger partial charge is 0.490 e. The van der Waals surface area contributed by atoms with Crippen LogP contribution in [0.5, 0.6) is 5.75 Å². The molecule has 1 N–H and O–H groups in total. The Balaban J connectivity index is 1.98. The number of benzene rings is 2. The van der Waals surface area contributed by atoms with Crippen LogP contribution in [0.3, 0.4) is 0 Å². The van der Waals surface area contributed by atoms with E-state index in [1.54, 1.807) is 6.92 Å². The number of ether oxygens (including phenoxy) is 2. The lowest BCUT2D eigenvalue weighted by Gasteiger charge is -2.14. The van der Waals surface area contributed by atoms with Crippen LogP contribution in [0.1, 0.15) is 35.6 Å². The predicted octanol–water partition coefficient (Wildman–Crippen LogP) is 4.20. The summed E-state index contributed by atoms with van der Waals surface area (Å²) in [6, 6.07) is 14.8. The molecule has 0 bridgehead atoms. The Bertz CT molecular complexity index is 778. The Kier molecular flexibility index (Phi) is 8.76. The number of aliphatic hydroxyl groups is 1. The minimum absolute atomic E-state index is 0.144. The number of carbonyl (C=O) groups is 1. The second-order valence-electron chi connectivity index (χ2n) is 7.02. The predicted molar refractivity (Wildman–Crippen MR) is 112 cm³/mol. The van der Waals surface area contributed by atoms with E-state index in [1.165, 1.54) is 16.7 Å². The molecule has 2 rings (SSSR count). The Labute approximate surface area is 167 Å². The summed E-state index contributed by atoms with van der Waals surface area (Å²) in [7, 11) is 0. The molecule has 0 saturated carbocycles. The van der Waals surface area contributed by atoms with Gasteiger partial charge in [-0.15, -0.1) is 0 Å². The molecule has 2 aromatic carbocycles. The summed E-state index contributed by atoms with van der Waals surface area (Å²) in [5.74, 6) is 0.386. The summed E-state index contributed by atoms with van der Waals surface area (Å²) < 4.78 is 11.0. The minimum atomic E-state index is -0.407. The zero-order valence-corrected chi connectivity index (χ0v) is 16.9. The van der Waals surface area contributed by atoms with Crippen LogP contribution in [0, 0.1) is 6.92 Å². The van der Waals surface area contributed by atoms with Crippen molar-refractivity contribution in [3.8, 4) is 5.75 Å². The molecular formula is C24H30O4. The maximum absolute atomic E-state index is 11.5. The third-order valence-electron chi connectivity index (χ3n) is 4.48. The van der Waals surface area contributed by atoms with Gasteiger partial charge < -0.3 is 14.6 Å². The van der Waals surface area contributed by atoms with E-state index >= 15 is 0 Å². The SMILES string of the molecule is C=C(C)C(=O)OCCOc1cc(CCc2ccc(C)cc2)ccc1CCCO. The molecule has 150 valence electrons. The minimum Gasteiger partial charge on any atom is -0.490 e. The lowest BCUT2D eigenvalue weighted by Crippen LogP contribution is -2.13. The Hall–Kier alpha value is -2.59. The molecule has 0 saturated heterocycles. The molecule has 0 radical (unpaired) electrons. The van der Waals surface area contributed by atoms with Crippen LogP contribution in [0.2, 0.25) is 0 Å². The zero-order valence-electron chi connectivity index (χ0n) is 16.9. The van der Waals surface area contributed by atoms with E-state index in [0.717, 1.165) is 30.6 Å². The zero-order chi connectivity index (χ0) is 20.4. The van der Waals surface area contributed by atoms with E-state index in [-0.39, 0.29) is 19.8 Å². The first-order valence-corrected chi connectivity index (χ1v) is 9.73. The summed E-state index contributed by atoms with van der Waals surface area (Å²) in [5, 5.41) is 9.12. The van der Waals surface area contributed by atoms with E-state index in [4.69, 9.17) is 14.6 Å². The third kappa shape index (κ3) is 7.20. The monoisotopic (exact) mass is 382 g/mol. The fourth-order valence-electron chi connectivity index (χ4n) is 2.82. The van der Waals surface area contributed by atoms with Crippen LogP contribution in [-0.2, 0) is 28.8 Å². The maximum atomic E-state index is 11.5. The van der Waals surface area contributed by atoms with Crippen molar-refractivity contribution >= 4 is 5.97 Å². The van der Waals surface area contributed by atoms with Gasteiger partial charge in [-0.05, 0) is 62.3 Å². The Morgan fingerprint density at radius 2 is 1.68 bits per heavy atom. The number of hydrogen-bond acceptors (Lipinski definition) is 4. The van der Waals surface area contributed by atoms with E-state index in [1.807, 2.05) is 0 Å². The summed E-state index contributed by atoms with van der Waals surface area (Å²) in [4.78, 5) is 11.5. The molecule has 0 spiro atoms. The molecule has 4 heteroatoms. The van der Waals surface area contributed by atoms with Crippen molar-refractivity contribution in [1.29, 1.82) is 0 Å². The number of carbonyl (C=O) groups excluding carboxylic acids is 1. The Morgan fingerprint density at radius 1 is 1.00 bits per heavy atom. The van der Waals surface area contributed by atoms with Crippen LogP contribution < -0.4 is 4.74 Å². The molecule has 0 aliphatic carbocycles. The number of aliphatic hydroxyl groups excluding tert-OH is 1. The molecule has 0 aromatic heterocycles. The first-order valence-electron chi connectivity index (χ1n) is 9.73. The van der Waals surface area contributed by atoms with Crippen molar-refractivity contribution in [1.82, 2.24) is 0 Å². The lowest BCUT2D eigenvalue weighted by molar-refractivity contribution is -0.139. The number of hydrogen-bond donors (Lipinski definition) is 1. The van der Waals surface area contributed by atoms with Gasteiger partial charge in [0.1, 0.15) is 19.0 Å². The second kappa shape index (κ2) is 11.3. The highest BCUT2D eigenvalue weighted by Crippen LogP contribution is 2.23. The molecule has 4 nitrogen and oxygen atoms in total. The smallest absolute Gasteiger partial charge is 0.333 e. The maximum Gasteiger partial charge on any atom is 0.333 e. The van der Waals surface area contributed by atoms with Crippen molar-refractivity contribution in [2.45, 2.75) is 39.5 Å². The lowest BCUT2D eigenvalue weighted by atomic mass is 10.0. The quantitative estimate of drug-likeness (QED) is 0.359. The number of aryl methyl sites for hydroxylation is 4. The molecule has 28 heavy (non-hydrogen) atoms. The first-order chi connectivity index (χ1) is 13.5. The van der Waals surface area contributed by atoms with Crippen molar-refractivity contribution in [2.24, 2.45) is 0 Å². The summed E-state index contributed by atoms with van der Waals surface area (Å²) >= 11 is 0. The standard InChI is InChI=1S/C24H30O4/c1-18(2)24(26)28-16-15-27-23-17-21(12-13-22(23)5-4-14-25)11-10-20-8-6-19(3)7-9-20/h6-9,12-13,17,25H,1,4-5,10-11,14-16H2,2-3H3. The number of rotatable bonds is 11. The summed E-state index contributed by atoms with van der Waals surface area (Å²) in [6.45, 7) is 7.88. The van der Waals surface area contributed by atoms with E-state index < -0.39 is 5.97 Å². The normalized spacial score (nSPS) is 10.5. The summed E-state index contributed by atoms with van der Waals surface area (Å²) in [5.41, 5.74) is 5.20. The average molecular weight is 383 g/mol. The van der Waals surface area contributed by atoms with Crippen molar-refractivity contribution in [3.05, 3.63) is 76.9 Å². The van der Waals surface area contributed by atoms with Gasteiger partial charge in [0.05, 0.1) is 0 Å². The molecule has 0 atom stereocenters. The highest BCUT2D eigenvalue weighted by Gasteiger charge is 2.08. The van der Waals surface area contributed by atoms with E-state index in [2.05, 4.69) is 56.0 Å². The molecular weight excluding hydrogens is 352 g/mol. The van der Waals surface area contributed by atoms with Crippen LogP contribution in [0.4, 0.5) is 0 Å². The van der Waals surface area contributed by atoms with Gasteiger partial charge >= 0.3 is 5.97 Å². The Morgan fingerprint density at radius 3 is 2.36 bits per heavy atom. The van der Waals surface area contributed by atoms with Gasteiger partial charge in [0.2, 0.25) is 0 Å². The van der Waals surface area contributed by atoms with E-state index in [9.17, 15) is 4.79 Å². The highest BCUT2D eigenvalue weighted by molar-refractivity contribution is 5.86. The van der Waals surface area contributed by atoms with Crippen LogP contribution in [-0.4, -0.2) is 30.9 Å². The molecule has 0 aliphatic rings. The van der Waals surface area contributed by atoms with Gasteiger partial charge in [0, 0.05) is 12.2 Å². The van der Waals surface area contributed by atoms with Gasteiger partial charge in [0.25, 0.3) is 0 Å². The van der Waals surface area contributed by atoms with Crippen LogP contribution >= 0.6 is 0 Å². The number of esters is 1. The average Bonchev–Trinajstić information content (AvgIpc) is 2.69. The van der Waals surface area contributed by atoms with Crippen LogP contribution in [0.15, 0.2) is 54.6 Å². The molecule has 0 unspecified atom stereocenters. The molecule has 0 fully saturated rings. The van der Waals surface area contributed by atoms with Gasteiger partial charge in [0.15, 0.2) is 0 Å². The molecule has 0 amide bonds. The fourth-order valence-corrected chi connectivity index (χ4v) is 2.82. The van der Waals surface area contributed by atoms with Crippen molar-refractivity contribution in [2.75, 3.05) is 19.8 Å². The van der Waals surface area contributed by atoms with E-state index in [0.29, 0.717) is 12.0 Å². The summed E-state index contributed by atoms with van der Waals surface area (Å²) in [6.07, 6.45) is 3.32. The second-order valence-corrected chi connectivity index (χ2v) is 7.02. The van der Waals surface area contributed by atoms with Crippen molar-refractivity contribution < 1.29 is 19.4 Å². The van der Waals surface area contributed by atoms with Gasteiger partial charge in [-0.3, -0.25) is 0 Å². The first kappa shape index (κ1) is 21.7. The third-order valence-corrected chi connectivity index (χ3v) is 4.48. The van der Waals surface area contributed by atoms with Gasteiger partial charge in [-0.1, -0.05) is 48.5 Å².